The van der Waals surface area contributed by atoms with E-state index >= 15 is 0 Å². The Labute approximate surface area is 146 Å². The van der Waals surface area contributed by atoms with Crippen molar-refractivity contribution in [1.82, 2.24) is 10.3 Å². The molecule has 0 aliphatic carbocycles. The van der Waals surface area contributed by atoms with E-state index < -0.39 is 11.8 Å². The summed E-state index contributed by atoms with van der Waals surface area (Å²) in [5, 5.41) is 6.05. The molecule has 2 amide bonds. The second-order valence-corrected chi connectivity index (χ2v) is 6.43. The smallest absolute Gasteiger partial charge is 0.319 e. The SMILES string of the molecule is Cc1nc(-c2ccco2)sc1CNC(=O)Nc1ccc(F)c(Cl)c1. The number of halogens is 2. The van der Waals surface area contributed by atoms with Crippen LogP contribution in [0.3, 0.4) is 0 Å². The zero-order valence-corrected chi connectivity index (χ0v) is 14.2. The first-order valence-electron chi connectivity index (χ1n) is 7.03. The van der Waals surface area contributed by atoms with Gasteiger partial charge in [-0.1, -0.05) is 11.6 Å². The highest BCUT2D eigenvalue weighted by Gasteiger charge is 2.12. The number of carbonyl (C=O) groups is 1. The Morgan fingerprint density at radius 3 is 2.96 bits per heavy atom. The summed E-state index contributed by atoms with van der Waals surface area (Å²) in [5.74, 6) is 0.160. The first-order valence-corrected chi connectivity index (χ1v) is 8.22. The van der Waals surface area contributed by atoms with E-state index in [0.717, 1.165) is 15.6 Å². The Bertz CT molecular complexity index is 864. The molecule has 2 heterocycles. The van der Waals surface area contributed by atoms with Gasteiger partial charge in [0.15, 0.2) is 10.8 Å². The largest absolute Gasteiger partial charge is 0.462 e. The van der Waals surface area contributed by atoms with Crippen molar-refractivity contribution in [3.05, 3.63) is 58.0 Å². The number of aromatic nitrogens is 1. The lowest BCUT2D eigenvalue weighted by molar-refractivity contribution is 0.252. The molecule has 3 aromatic rings. The van der Waals surface area contributed by atoms with E-state index in [1.54, 1.807) is 12.3 Å². The Balaban J connectivity index is 1.61. The molecule has 0 atom stereocenters. The van der Waals surface area contributed by atoms with Crippen LogP contribution in [0.4, 0.5) is 14.9 Å². The predicted molar refractivity (Wildman–Crippen MR) is 91.8 cm³/mol. The van der Waals surface area contributed by atoms with Gasteiger partial charge in [-0.15, -0.1) is 11.3 Å². The normalized spacial score (nSPS) is 10.6. The van der Waals surface area contributed by atoms with Crippen molar-refractivity contribution in [2.45, 2.75) is 13.5 Å². The number of hydrogen-bond acceptors (Lipinski definition) is 4. The van der Waals surface area contributed by atoms with Crippen LogP contribution in [0.25, 0.3) is 10.8 Å². The van der Waals surface area contributed by atoms with E-state index in [0.29, 0.717) is 18.0 Å². The summed E-state index contributed by atoms with van der Waals surface area (Å²) >= 11 is 7.13. The zero-order chi connectivity index (χ0) is 17.1. The topological polar surface area (TPSA) is 67.2 Å². The lowest BCUT2D eigenvalue weighted by atomic mass is 10.3. The summed E-state index contributed by atoms with van der Waals surface area (Å²) in [7, 11) is 0. The standard InChI is InChI=1S/C16H13ClFN3O2S/c1-9-14(24-15(20-9)13-3-2-6-23-13)8-19-16(22)21-10-4-5-12(18)11(17)7-10/h2-7H,8H2,1H3,(H2,19,21,22). The van der Waals surface area contributed by atoms with E-state index in [2.05, 4.69) is 15.6 Å². The van der Waals surface area contributed by atoms with Crippen LogP contribution in [0, 0.1) is 12.7 Å². The van der Waals surface area contributed by atoms with E-state index in [-0.39, 0.29) is 5.02 Å². The van der Waals surface area contributed by atoms with Crippen molar-refractivity contribution in [2.75, 3.05) is 5.32 Å². The molecule has 0 aliphatic heterocycles. The average molecular weight is 366 g/mol. The fourth-order valence-corrected chi connectivity index (χ4v) is 3.16. The second kappa shape index (κ2) is 7.02. The first-order chi connectivity index (χ1) is 11.5. The minimum atomic E-state index is -0.534. The highest BCUT2D eigenvalue weighted by atomic mass is 35.5. The number of anilines is 1. The molecule has 2 aromatic heterocycles. The number of nitrogens with zero attached hydrogens (tertiary/aromatic N) is 1. The maximum absolute atomic E-state index is 13.1. The Morgan fingerprint density at radius 1 is 1.42 bits per heavy atom. The van der Waals surface area contributed by atoms with Crippen LogP contribution in [0.5, 0.6) is 0 Å². The number of carbonyl (C=O) groups excluding carboxylic acids is 1. The monoisotopic (exact) mass is 365 g/mol. The molecule has 124 valence electrons. The van der Waals surface area contributed by atoms with Crippen molar-refractivity contribution in [2.24, 2.45) is 0 Å². The number of rotatable bonds is 4. The van der Waals surface area contributed by atoms with Crippen LogP contribution < -0.4 is 10.6 Å². The predicted octanol–water partition coefficient (Wildman–Crippen LogP) is 4.83. The van der Waals surface area contributed by atoms with Crippen LogP contribution >= 0.6 is 22.9 Å². The lowest BCUT2D eigenvalue weighted by Crippen LogP contribution is -2.28. The van der Waals surface area contributed by atoms with Crippen LogP contribution in [0.1, 0.15) is 10.6 Å². The van der Waals surface area contributed by atoms with Gasteiger partial charge < -0.3 is 15.1 Å². The summed E-state index contributed by atoms with van der Waals surface area (Å²) < 4.78 is 18.4. The van der Waals surface area contributed by atoms with Crippen LogP contribution in [0.2, 0.25) is 5.02 Å². The van der Waals surface area contributed by atoms with Gasteiger partial charge in [0.05, 0.1) is 23.5 Å². The summed E-state index contributed by atoms with van der Waals surface area (Å²) in [6, 6.07) is 7.20. The highest BCUT2D eigenvalue weighted by molar-refractivity contribution is 7.15. The lowest BCUT2D eigenvalue weighted by Gasteiger charge is -2.07. The fraction of sp³-hybridized carbons (Fsp3) is 0.125. The molecule has 0 fully saturated rings. The van der Waals surface area contributed by atoms with Gasteiger partial charge in [0.1, 0.15) is 5.82 Å². The number of aryl methyl sites for hydroxylation is 1. The van der Waals surface area contributed by atoms with Crippen molar-refractivity contribution < 1.29 is 13.6 Å². The first kappa shape index (κ1) is 16.5. The van der Waals surface area contributed by atoms with Crippen LogP contribution in [-0.2, 0) is 6.54 Å². The van der Waals surface area contributed by atoms with Crippen LogP contribution in [-0.4, -0.2) is 11.0 Å². The summed E-state index contributed by atoms with van der Waals surface area (Å²) in [6.07, 6.45) is 1.59. The third-order valence-electron chi connectivity index (χ3n) is 3.21. The molecule has 0 spiro atoms. The molecule has 0 radical (unpaired) electrons. The minimum Gasteiger partial charge on any atom is -0.462 e. The Morgan fingerprint density at radius 2 is 2.25 bits per heavy atom. The highest BCUT2D eigenvalue weighted by Crippen LogP contribution is 2.28. The molecule has 0 saturated heterocycles. The van der Waals surface area contributed by atoms with Gasteiger partial charge >= 0.3 is 6.03 Å². The van der Waals surface area contributed by atoms with Crippen LogP contribution in [0.15, 0.2) is 41.0 Å². The van der Waals surface area contributed by atoms with Gasteiger partial charge in [0, 0.05) is 10.6 Å². The zero-order valence-electron chi connectivity index (χ0n) is 12.6. The van der Waals surface area contributed by atoms with Gasteiger partial charge in [0.2, 0.25) is 0 Å². The fourth-order valence-electron chi connectivity index (χ4n) is 2.01. The van der Waals surface area contributed by atoms with E-state index in [1.165, 1.54) is 29.5 Å². The molecular formula is C16H13ClFN3O2S. The number of urea groups is 1. The Kier molecular flexibility index (Phi) is 4.82. The molecule has 0 aliphatic rings. The number of nitrogens with one attached hydrogen (secondary N) is 2. The van der Waals surface area contributed by atoms with Gasteiger partial charge in [0.25, 0.3) is 0 Å². The van der Waals surface area contributed by atoms with E-state index in [4.69, 9.17) is 16.0 Å². The minimum absolute atomic E-state index is 0.0470. The molecule has 0 saturated carbocycles. The number of benzene rings is 1. The van der Waals surface area contributed by atoms with Crippen molar-refractivity contribution >= 4 is 34.7 Å². The quantitative estimate of drug-likeness (QED) is 0.696. The summed E-state index contributed by atoms with van der Waals surface area (Å²) in [5.41, 5.74) is 1.24. The van der Waals surface area contributed by atoms with Crippen molar-refractivity contribution in [1.29, 1.82) is 0 Å². The number of furan rings is 1. The van der Waals surface area contributed by atoms with Gasteiger partial charge in [-0.3, -0.25) is 0 Å². The van der Waals surface area contributed by atoms with Crippen molar-refractivity contribution in [3.8, 4) is 10.8 Å². The molecule has 5 nitrogen and oxygen atoms in total. The van der Waals surface area contributed by atoms with Gasteiger partial charge in [-0.25, -0.2) is 14.2 Å². The van der Waals surface area contributed by atoms with Gasteiger partial charge in [-0.05, 0) is 37.3 Å². The number of amides is 2. The molecule has 24 heavy (non-hydrogen) atoms. The molecule has 0 unspecified atom stereocenters. The molecule has 3 rings (SSSR count). The number of hydrogen-bond donors (Lipinski definition) is 2. The third kappa shape index (κ3) is 3.74. The maximum Gasteiger partial charge on any atom is 0.319 e. The van der Waals surface area contributed by atoms with Crippen molar-refractivity contribution in [3.63, 3.8) is 0 Å². The molecular weight excluding hydrogens is 353 g/mol. The van der Waals surface area contributed by atoms with Gasteiger partial charge in [-0.2, -0.15) is 0 Å². The summed E-state index contributed by atoms with van der Waals surface area (Å²) in [4.78, 5) is 17.3. The molecule has 2 N–H and O–H groups in total. The third-order valence-corrected chi connectivity index (χ3v) is 4.67. The number of thiazole rings is 1. The van der Waals surface area contributed by atoms with E-state index in [1.807, 2.05) is 13.0 Å². The second-order valence-electron chi connectivity index (χ2n) is 4.94. The Hall–Kier alpha value is -2.38. The average Bonchev–Trinajstić information content (AvgIpc) is 3.18. The molecule has 0 bridgehead atoms. The summed E-state index contributed by atoms with van der Waals surface area (Å²) in [6.45, 7) is 2.20. The maximum atomic E-state index is 13.1. The molecule has 1 aromatic carbocycles. The molecule has 8 heteroatoms. The van der Waals surface area contributed by atoms with E-state index in [9.17, 15) is 9.18 Å².